The largest absolute Gasteiger partial charge is 0.326 e. The van der Waals surface area contributed by atoms with Gasteiger partial charge in [-0.2, -0.15) is 0 Å². The Kier molecular flexibility index (Phi) is 4.78. The summed E-state index contributed by atoms with van der Waals surface area (Å²) in [7, 11) is 0. The summed E-state index contributed by atoms with van der Waals surface area (Å²) in [6, 6.07) is 5.89. The van der Waals surface area contributed by atoms with Crippen molar-refractivity contribution in [1.82, 2.24) is 4.90 Å². The lowest BCUT2D eigenvalue weighted by Gasteiger charge is -2.14. The highest BCUT2D eigenvalue weighted by Gasteiger charge is 2.12. The highest BCUT2D eigenvalue weighted by Crippen LogP contribution is 2.20. The second-order valence-corrected chi connectivity index (χ2v) is 5.67. The molecule has 1 aliphatic rings. The number of hydrogen-bond acceptors (Lipinski definition) is 2. The Hall–Kier alpha value is -0.870. The van der Waals surface area contributed by atoms with Gasteiger partial charge in [-0.3, -0.25) is 4.79 Å². The lowest BCUT2D eigenvalue weighted by atomic mass is 10.2. The molecule has 4 heteroatoms. The minimum atomic E-state index is 0.0950. The van der Waals surface area contributed by atoms with Crippen molar-refractivity contribution in [2.75, 3.05) is 25.0 Å². The number of rotatable bonds is 4. The minimum Gasteiger partial charge on any atom is -0.326 e. The third kappa shape index (κ3) is 3.82. The summed E-state index contributed by atoms with van der Waals surface area (Å²) in [5, 5.41) is 2.94. The van der Waals surface area contributed by atoms with Gasteiger partial charge in [0.1, 0.15) is 0 Å². The molecule has 0 bridgehead atoms. The van der Waals surface area contributed by atoms with Crippen LogP contribution in [0.3, 0.4) is 0 Å². The van der Waals surface area contributed by atoms with Crippen molar-refractivity contribution in [2.45, 2.75) is 26.2 Å². The first-order valence-electron chi connectivity index (χ1n) is 6.43. The van der Waals surface area contributed by atoms with E-state index in [9.17, 15) is 4.79 Å². The van der Waals surface area contributed by atoms with Gasteiger partial charge in [-0.1, -0.05) is 22.0 Å². The second-order valence-electron chi connectivity index (χ2n) is 4.81. The number of carbonyl (C=O) groups is 1. The molecule has 3 nitrogen and oxygen atoms in total. The summed E-state index contributed by atoms with van der Waals surface area (Å²) in [4.78, 5) is 14.2. The number of nitrogens with zero attached hydrogens (tertiary/aromatic N) is 1. The molecule has 0 aromatic heterocycles. The normalized spacial score (nSPS) is 15.9. The first-order chi connectivity index (χ1) is 8.65. The molecule has 1 N–H and O–H groups in total. The minimum absolute atomic E-state index is 0.0950. The van der Waals surface area contributed by atoms with Crippen LogP contribution in [0.2, 0.25) is 0 Å². The van der Waals surface area contributed by atoms with Crippen LogP contribution in [-0.2, 0) is 4.79 Å². The Balaban J connectivity index is 1.80. The molecule has 1 aromatic carbocycles. The smallest absolute Gasteiger partial charge is 0.225 e. The lowest BCUT2D eigenvalue weighted by Crippen LogP contribution is -2.25. The predicted octanol–water partition coefficient (Wildman–Crippen LogP) is 3.18. The molecular weight excluding hydrogens is 292 g/mol. The van der Waals surface area contributed by atoms with E-state index in [1.54, 1.807) is 0 Å². The molecule has 98 valence electrons. The Morgan fingerprint density at radius 3 is 2.78 bits per heavy atom. The fourth-order valence-electron chi connectivity index (χ4n) is 2.16. The SMILES string of the molecule is Cc1ccc(NC(=O)CCN2CCCC2)cc1Br. The molecule has 1 aromatic rings. The van der Waals surface area contributed by atoms with Crippen LogP contribution in [0.15, 0.2) is 22.7 Å². The average Bonchev–Trinajstić information content (AvgIpc) is 2.84. The van der Waals surface area contributed by atoms with Gasteiger partial charge in [-0.15, -0.1) is 0 Å². The fraction of sp³-hybridized carbons (Fsp3) is 0.500. The van der Waals surface area contributed by atoms with Gasteiger partial charge in [-0.05, 0) is 50.6 Å². The average molecular weight is 311 g/mol. The maximum absolute atomic E-state index is 11.8. The molecule has 1 fully saturated rings. The molecular formula is C14H19BrN2O. The standard InChI is InChI=1S/C14H19BrN2O/c1-11-4-5-12(10-13(11)15)16-14(18)6-9-17-7-2-3-8-17/h4-5,10H,2-3,6-9H2,1H3,(H,16,18). The Labute approximate surface area is 117 Å². The van der Waals surface area contributed by atoms with Crippen LogP contribution in [0.25, 0.3) is 0 Å². The molecule has 0 spiro atoms. The van der Waals surface area contributed by atoms with E-state index in [2.05, 4.69) is 26.1 Å². The molecule has 0 aliphatic carbocycles. The lowest BCUT2D eigenvalue weighted by molar-refractivity contribution is -0.116. The third-order valence-corrected chi connectivity index (χ3v) is 4.16. The van der Waals surface area contributed by atoms with Crippen molar-refractivity contribution in [2.24, 2.45) is 0 Å². The van der Waals surface area contributed by atoms with E-state index < -0.39 is 0 Å². The summed E-state index contributed by atoms with van der Waals surface area (Å²) in [5.41, 5.74) is 2.03. The third-order valence-electron chi connectivity index (χ3n) is 3.31. The van der Waals surface area contributed by atoms with E-state index in [0.717, 1.165) is 29.8 Å². The van der Waals surface area contributed by atoms with Crippen molar-refractivity contribution in [3.05, 3.63) is 28.2 Å². The van der Waals surface area contributed by atoms with E-state index in [1.807, 2.05) is 25.1 Å². The van der Waals surface area contributed by atoms with E-state index in [0.29, 0.717) is 6.42 Å². The molecule has 1 heterocycles. The molecule has 2 rings (SSSR count). The van der Waals surface area contributed by atoms with Crippen molar-refractivity contribution in [3.63, 3.8) is 0 Å². The molecule has 0 unspecified atom stereocenters. The maximum atomic E-state index is 11.8. The second kappa shape index (κ2) is 6.34. The van der Waals surface area contributed by atoms with Gasteiger partial charge in [-0.25, -0.2) is 0 Å². The highest BCUT2D eigenvalue weighted by atomic mass is 79.9. The Morgan fingerprint density at radius 1 is 1.39 bits per heavy atom. The molecule has 1 saturated heterocycles. The van der Waals surface area contributed by atoms with Crippen molar-refractivity contribution >= 4 is 27.5 Å². The van der Waals surface area contributed by atoms with Crippen LogP contribution >= 0.6 is 15.9 Å². The molecule has 18 heavy (non-hydrogen) atoms. The molecule has 1 amide bonds. The van der Waals surface area contributed by atoms with Gasteiger partial charge >= 0.3 is 0 Å². The number of hydrogen-bond donors (Lipinski definition) is 1. The van der Waals surface area contributed by atoms with Crippen LogP contribution in [0.1, 0.15) is 24.8 Å². The van der Waals surface area contributed by atoms with Crippen LogP contribution in [0, 0.1) is 6.92 Å². The quantitative estimate of drug-likeness (QED) is 0.926. The van der Waals surface area contributed by atoms with Gasteiger partial charge < -0.3 is 10.2 Å². The van der Waals surface area contributed by atoms with Gasteiger partial charge in [0.25, 0.3) is 0 Å². The van der Waals surface area contributed by atoms with E-state index in [4.69, 9.17) is 0 Å². The predicted molar refractivity (Wildman–Crippen MR) is 77.8 cm³/mol. The zero-order valence-corrected chi connectivity index (χ0v) is 12.3. The van der Waals surface area contributed by atoms with Crippen molar-refractivity contribution in [3.8, 4) is 0 Å². The van der Waals surface area contributed by atoms with Gasteiger partial charge in [0.05, 0.1) is 0 Å². The molecule has 1 aliphatic heterocycles. The van der Waals surface area contributed by atoms with Crippen LogP contribution in [-0.4, -0.2) is 30.4 Å². The van der Waals surface area contributed by atoms with Crippen LogP contribution < -0.4 is 5.32 Å². The maximum Gasteiger partial charge on any atom is 0.225 e. The molecule has 0 radical (unpaired) electrons. The van der Waals surface area contributed by atoms with E-state index >= 15 is 0 Å². The van der Waals surface area contributed by atoms with Gasteiger partial charge in [0, 0.05) is 23.1 Å². The molecule has 0 atom stereocenters. The summed E-state index contributed by atoms with van der Waals surface area (Å²) in [6.07, 6.45) is 3.12. The van der Waals surface area contributed by atoms with E-state index in [1.165, 1.54) is 18.4 Å². The monoisotopic (exact) mass is 310 g/mol. The van der Waals surface area contributed by atoms with Gasteiger partial charge in [0.2, 0.25) is 5.91 Å². The summed E-state index contributed by atoms with van der Waals surface area (Å²) < 4.78 is 1.03. The summed E-state index contributed by atoms with van der Waals surface area (Å²) >= 11 is 3.47. The number of aryl methyl sites for hydroxylation is 1. The number of benzene rings is 1. The number of carbonyl (C=O) groups excluding carboxylic acids is 1. The number of amides is 1. The van der Waals surface area contributed by atoms with Crippen LogP contribution in [0.4, 0.5) is 5.69 Å². The zero-order valence-electron chi connectivity index (χ0n) is 10.7. The fourth-order valence-corrected chi connectivity index (χ4v) is 2.54. The van der Waals surface area contributed by atoms with Crippen LogP contribution in [0.5, 0.6) is 0 Å². The first kappa shape index (κ1) is 13.6. The van der Waals surface area contributed by atoms with Gasteiger partial charge in [0.15, 0.2) is 0 Å². The van der Waals surface area contributed by atoms with E-state index in [-0.39, 0.29) is 5.91 Å². The highest BCUT2D eigenvalue weighted by molar-refractivity contribution is 9.10. The first-order valence-corrected chi connectivity index (χ1v) is 7.23. The Morgan fingerprint density at radius 2 is 2.11 bits per heavy atom. The molecule has 0 saturated carbocycles. The number of nitrogens with one attached hydrogen (secondary N) is 1. The number of halogens is 1. The van der Waals surface area contributed by atoms with Crippen molar-refractivity contribution < 1.29 is 4.79 Å². The number of anilines is 1. The summed E-state index contributed by atoms with van der Waals surface area (Å²) in [5.74, 6) is 0.0950. The van der Waals surface area contributed by atoms with Crippen molar-refractivity contribution in [1.29, 1.82) is 0 Å². The summed E-state index contributed by atoms with van der Waals surface area (Å²) in [6.45, 7) is 5.19. The zero-order chi connectivity index (χ0) is 13.0. The Bertz CT molecular complexity index is 428. The topological polar surface area (TPSA) is 32.3 Å². The number of likely N-dealkylation sites (tertiary alicyclic amines) is 1.